The van der Waals surface area contributed by atoms with Crippen LogP contribution in [0, 0.1) is 17.8 Å². The van der Waals surface area contributed by atoms with Crippen LogP contribution in [0.15, 0.2) is 48.9 Å². The van der Waals surface area contributed by atoms with Crippen LogP contribution >= 0.6 is 22.9 Å². The third kappa shape index (κ3) is 7.68. The maximum absolute atomic E-state index is 14.1. The van der Waals surface area contributed by atoms with Gasteiger partial charge in [0.15, 0.2) is 0 Å². The number of nitrogens with one attached hydrogen (secondary N) is 1. The zero-order valence-electron chi connectivity index (χ0n) is 29.5. The van der Waals surface area contributed by atoms with E-state index in [1.807, 2.05) is 23.6 Å². The molecule has 2 aliphatic carbocycles. The van der Waals surface area contributed by atoms with Crippen LogP contribution in [0.5, 0.6) is 11.5 Å². The van der Waals surface area contributed by atoms with Crippen molar-refractivity contribution < 1.29 is 28.6 Å². The van der Waals surface area contributed by atoms with Crippen molar-refractivity contribution >= 4 is 51.6 Å². The summed E-state index contributed by atoms with van der Waals surface area (Å²) in [5, 5.41) is 6.74. The quantitative estimate of drug-likeness (QED) is 0.0926. The van der Waals surface area contributed by atoms with E-state index in [9.17, 15) is 14.4 Å². The predicted octanol–water partition coefficient (Wildman–Crippen LogP) is 7.36. The highest BCUT2D eigenvalue weighted by molar-refractivity contribution is 7.13. The van der Waals surface area contributed by atoms with E-state index in [0.717, 1.165) is 30.0 Å². The molecule has 12 heteroatoms. The Hall–Kier alpha value is -3.96. The van der Waals surface area contributed by atoms with Gasteiger partial charge in [-0.25, -0.2) is 14.8 Å². The summed E-state index contributed by atoms with van der Waals surface area (Å²) in [6.45, 7) is 14.3. The number of fused-ring (bicyclic) bond motifs is 1. The first-order valence-corrected chi connectivity index (χ1v) is 18.5. The number of hydrogen-bond donors (Lipinski definition) is 1. The van der Waals surface area contributed by atoms with E-state index in [1.54, 1.807) is 38.1 Å². The number of pyridine rings is 1. The molecule has 1 aromatic carbocycles. The van der Waals surface area contributed by atoms with Crippen LogP contribution in [-0.4, -0.2) is 71.6 Å². The normalized spacial score (nSPS) is 22.6. The number of hydrogen-bond acceptors (Lipinski definition) is 9. The number of nitrogens with zero attached hydrogens (tertiary/aromatic N) is 3. The highest BCUT2D eigenvalue weighted by atomic mass is 35.5. The number of carbonyl (C=O) groups is 3. The molecule has 1 N–H and O–H groups in total. The molecule has 0 bridgehead atoms. The summed E-state index contributed by atoms with van der Waals surface area (Å²) >= 11 is 8.29. The Morgan fingerprint density at radius 2 is 1.92 bits per heavy atom. The predicted molar refractivity (Wildman–Crippen MR) is 197 cm³/mol. The van der Waals surface area contributed by atoms with Gasteiger partial charge < -0.3 is 24.4 Å². The smallest absolute Gasteiger partial charge is 0.332 e. The summed E-state index contributed by atoms with van der Waals surface area (Å²) in [5.74, 6) is -1.39. The molecule has 2 heterocycles. The van der Waals surface area contributed by atoms with E-state index in [4.69, 9.17) is 35.8 Å². The van der Waals surface area contributed by atoms with Gasteiger partial charge in [-0.05, 0) is 63.5 Å². The number of rotatable bonds is 16. The molecule has 0 saturated heterocycles. The number of thiazole rings is 1. The minimum atomic E-state index is -1.17. The fourth-order valence-corrected chi connectivity index (χ4v) is 7.90. The van der Waals surface area contributed by atoms with E-state index in [1.165, 1.54) is 11.3 Å². The monoisotopic (exact) mass is 722 g/mol. The van der Waals surface area contributed by atoms with Gasteiger partial charge in [-0.1, -0.05) is 37.6 Å². The van der Waals surface area contributed by atoms with Crippen molar-refractivity contribution in [1.29, 1.82) is 0 Å². The number of ether oxygens (including phenoxy) is 3. The molecule has 2 aromatic heterocycles. The first-order chi connectivity index (χ1) is 24.0. The number of methoxy groups -OCH3 is 1. The van der Waals surface area contributed by atoms with Crippen molar-refractivity contribution in [2.24, 2.45) is 17.8 Å². The van der Waals surface area contributed by atoms with Crippen molar-refractivity contribution in [3.8, 4) is 22.2 Å². The van der Waals surface area contributed by atoms with Crippen LogP contribution in [0.25, 0.3) is 21.6 Å². The molecular weight excluding hydrogens is 676 g/mol. The molecule has 0 spiro atoms. The number of benzene rings is 1. The van der Waals surface area contributed by atoms with E-state index in [0.29, 0.717) is 52.5 Å². The van der Waals surface area contributed by atoms with Crippen molar-refractivity contribution in [1.82, 2.24) is 20.2 Å². The lowest BCUT2D eigenvalue weighted by Gasteiger charge is -2.26. The van der Waals surface area contributed by atoms with E-state index >= 15 is 0 Å². The van der Waals surface area contributed by atoms with Crippen LogP contribution in [0.2, 0.25) is 5.02 Å². The molecule has 50 heavy (non-hydrogen) atoms. The third-order valence-electron chi connectivity index (χ3n) is 9.68. The second kappa shape index (κ2) is 15.9. The minimum Gasteiger partial charge on any atom is -0.495 e. The lowest BCUT2D eigenvalue weighted by molar-refractivity contribution is -0.150. The molecule has 5 rings (SSSR count). The zero-order chi connectivity index (χ0) is 36.2. The average Bonchev–Trinajstić information content (AvgIpc) is 3.39. The van der Waals surface area contributed by atoms with Crippen LogP contribution in [0.3, 0.4) is 0 Å². The van der Waals surface area contributed by atoms with Gasteiger partial charge in [0, 0.05) is 36.3 Å². The largest absolute Gasteiger partial charge is 0.495 e. The molecule has 2 aliphatic rings. The Bertz CT molecular complexity index is 1760. The van der Waals surface area contributed by atoms with Gasteiger partial charge in [0.05, 0.1) is 36.8 Å². The number of amides is 2. The fourth-order valence-electron chi connectivity index (χ4n) is 6.68. The zero-order valence-corrected chi connectivity index (χ0v) is 31.1. The summed E-state index contributed by atoms with van der Waals surface area (Å²) in [5.41, 5.74) is 0.881. The van der Waals surface area contributed by atoms with Crippen molar-refractivity contribution in [2.45, 2.75) is 76.9 Å². The van der Waals surface area contributed by atoms with Crippen LogP contribution in [-0.2, 0) is 19.1 Å². The molecule has 0 radical (unpaired) electrons. The maximum atomic E-state index is 14.1. The van der Waals surface area contributed by atoms with Gasteiger partial charge in [0.25, 0.3) is 0 Å². The Labute approximate surface area is 303 Å². The summed E-state index contributed by atoms with van der Waals surface area (Å²) in [6.07, 6.45) is 6.60. The van der Waals surface area contributed by atoms with Gasteiger partial charge >= 0.3 is 5.97 Å². The number of esters is 1. The van der Waals surface area contributed by atoms with Crippen LogP contribution < -0.4 is 14.8 Å². The molecular formula is C38H47ClN4O6S. The van der Waals surface area contributed by atoms with Gasteiger partial charge in [0.1, 0.15) is 38.9 Å². The standard InChI is InChI=1S/C38H47ClN4O6S/c1-8-11-12-13-16-43(6)36(45)27-18-24(17-26(27)34(44)42-38(20-23(38)9-2)37(46)48-10-3)49-31-19-28(35-41-29(21-50-35)22(4)5)40-33-25(31)14-15-30(47-7)32(33)39/h8-9,14-15,19,21-24,26-27H,1-2,10-13,16-18,20H2,3-7H3,(H,42,44)/t23-,24-,26-,27-,38-/m1/s1. The molecule has 5 atom stereocenters. The van der Waals surface area contributed by atoms with Crippen LogP contribution in [0.4, 0.5) is 0 Å². The number of halogens is 1. The van der Waals surface area contributed by atoms with Gasteiger partial charge in [0.2, 0.25) is 11.8 Å². The molecule has 0 unspecified atom stereocenters. The van der Waals surface area contributed by atoms with Crippen LogP contribution in [0.1, 0.15) is 70.9 Å². The summed E-state index contributed by atoms with van der Waals surface area (Å²) < 4.78 is 17.6. The molecule has 2 amide bonds. The minimum absolute atomic E-state index is 0.131. The lowest BCUT2D eigenvalue weighted by atomic mass is 9.93. The average molecular weight is 723 g/mol. The Balaban J connectivity index is 1.47. The van der Waals surface area contributed by atoms with Crippen molar-refractivity contribution in [3.63, 3.8) is 0 Å². The molecule has 0 aliphatic heterocycles. The summed E-state index contributed by atoms with van der Waals surface area (Å²) in [7, 11) is 3.32. The van der Waals surface area contributed by atoms with Crippen molar-refractivity contribution in [3.05, 3.63) is 59.6 Å². The van der Waals surface area contributed by atoms with Crippen molar-refractivity contribution in [2.75, 3.05) is 27.3 Å². The summed E-state index contributed by atoms with van der Waals surface area (Å²) in [4.78, 5) is 52.5. The first kappa shape index (κ1) is 37.3. The molecule has 2 saturated carbocycles. The van der Waals surface area contributed by atoms with E-state index in [2.05, 4.69) is 32.3 Å². The number of unbranched alkanes of at least 4 members (excludes halogenated alkanes) is 2. The first-order valence-electron chi connectivity index (χ1n) is 17.2. The Kier molecular flexibility index (Phi) is 11.9. The summed E-state index contributed by atoms with van der Waals surface area (Å²) in [6, 6.07) is 5.45. The topological polar surface area (TPSA) is 120 Å². The second-order valence-corrected chi connectivity index (χ2v) is 14.6. The second-order valence-electron chi connectivity index (χ2n) is 13.4. The molecule has 2 fully saturated rings. The van der Waals surface area contributed by atoms with E-state index < -0.39 is 29.4 Å². The lowest BCUT2D eigenvalue weighted by Crippen LogP contribution is -2.50. The molecule has 10 nitrogen and oxygen atoms in total. The highest BCUT2D eigenvalue weighted by Crippen LogP contribution is 2.47. The Morgan fingerprint density at radius 1 is 1.16 bits per heavy atom. The number of carbonyl (C=O) groups excluding carboxylic acids is 3. The Morgan fingerprint density at radius 3 is 2.56 bits per heavy atom. The third-order valence-corrected chi connectivity index (χ3v) is 10.9. The molecule has 268 valence electrons. The van der Waals surface area contributed by atoms with Gasteiger partial charge in [-0.2, -0.15) is 0 Å². The maximum Gasteiger partial charge on any atom is 0.332 e. The highest BCUT2D eigenvalue weighted by Gasteiger charge is 2.62. The number of aromatic nitrogens is 2. The fraction of sp³-hybridized carbons (Fsp3) is 0.500. The number of allylic oxidation sites excluding steroid dienone is 1. The van der Waals surface area contributed by atoms with Gasteiger partial charge in [-0.3, -0.25) is 9.59 Å². The molecule has 3 aromatic rings. The van der Waals surface area contributed by atoms with E-state index in [-0.39, 0.29) is 36.7 Å². The SMILES string of the molecule is C=CCCCCN(C)C(=O)[C@@H]1C[C@H](Oc2cc(-c3nc(C(C)C)cs3)nc3c(Cl)c(OC)ccc23)C[C@H]1C(=O)N[C@]1(C(=O)OCC)C[C@H]1C=C. The van der Waals surface area contributed by atoms with Gasteiger partial charge in [-0.15, -0.1) is 24.5 Å².